The highest BCUT2D eigenvalue weighted by Gasteiger charge is 2.43. The molecule has 160 valence electrons. The lowest BCUT2D eigenvalue weighted by molar-refractivity contribution is -0.137. The largest absolute Gasteiger partial charge is 0.481 e. The van der Waals surface area contributed by atoms with Crippen LogP contribution in [0.5, 0.6) is 0 Å². The molecule has 5 heteroatoms. The fourth-order valence-corrected chi connectivity index (χ4v) is 4.45. The van der Waals surface area contributed by atoms with E-state index in [9.17, 15) is 20.1 Å². The number of carboxylic acids is 1. The van der Waals surface area contributed by atoms with Gasteiger partial charge >= 0.3 is 5.97 Å². The average Bonchev–Trinajstić information content (AvgIpc) is 3.45. The zero-order valence-electron chi connectivity index (χ0n) is 17.2. The molecule has 0 radical (unpaired) electrons. The van der Waals surface area contributed by atoms with Gasteiger partial charge in [0.25, 0.3) is 0 Å². The Balaban J connectivity index is 1.87. The van der Waals surface area contributed by atoms with Gasteiger partial charge in [-0.2, -0.15) is 0 Å². The van der Waals surface area contributed by atoms with E-state index in [4.69, 9.17) is 5.11 Å². The molecule has 0 heterocycles. The zero-order valence-corrected chi connectivity index (χ0v) is 17.2. The minimum atomic E-state index is -0.780. The molecule has 0 saturated heterocycles. The summed E-state index contributed by atoms with van der Waals surface area (Å²) in [5, 5.41) is 40.3. The van der Waals surface area contributed by atoms with Crippen LogP contribution < -0.4 is 0 Å². The minimum Gasteiger partial charge on any atom is -0.481 e. The van der Waals surface area contributed by atoms with E-state index in [0.717, 1.165) is 32.1 Å². The standard InChI is InChI=1S/C23H38O5/c1-2-3-14-23(28,17-12-13-17)15-8-10-19-18(20(24)16-21(19)25)9-6-4-5-7-11-22(26)27/h4,6,8,10,17-21,24-25,28H,2-3,5,7,9,11-16H2,1H3,(H,26,27)/b6-4-,10-8+/t18-,19-,20+,21-,23?/m1/s1. The average molecular weight is 395 g/mol. The Hall–Kier alpha value is -1.17. The minimum absolute atomic E-state index is 0.0355. The Bertz CT molecular complexity index is 539. The van der Waals surface area contributed by atoms with E-state index in [1.54, 1.807) is 0 Å². The highest BCUT2D eigenvalue weighted by atomic mass is 16.4. The number of carboxylic acid groups (broad SMARTS) is 1. The van der Waals surface area contributed by atoms with Gasteiger partial charge in [0.15, 0.2) is 0 Å². The van der Waals surface area contributed by atoms with Gasteiger partial charge in [-0.15, -0.1) is 0 Å². The number of aliphatic carboxylic acids is 1. The first-order valence-corrected chi connectivity index (χ1v) is 11.0. The topological polar surface area (TPSA) is 98.0 Å². The van der Waals surface area contributed by atoms with E-state index in [0.29, 0.717) is 38.0 Å². The highest BCUT2D eigenvalue weighted by molar-refractivity contribution is 5.66. The molecule has 0 aliphatic heterocycles. The molecule has 0 aromatic heterocycles. The van der Waals surface area contributed by atoms with Gasteiger partial charge in [0.1, 0.15) is 0 Å². The third-order valence-electron chi connectivity index (χ3n) is 6.38. The molecule has 2 aliphatic carbocycles. The monoisotopic (exact) mass is 394 g/mol. The molecule has 28 heavy (non-hydrogen) atoms. The highest BCUT2D eigenvalue weighted by Crippen LogP contribution is 2.45. The van der Waals surface area contributed by atoms with Crippen LogP contribution in [0.4, 0.5) is 0 Å². The van der Waals surface area contributed by atoms with Crippen molar-refractivity contribution in [2.75, 3.05) is 0 Å². The van der Waals surface area contributed by atoms with Gasteiger partial charge < -0.3 is 20.4 Å². The lowest BCUT2D eigenvalue weighted by Gasteiger charge is -2.27. The van der Waals surface area contributed by atoms with E-state index in [1.807, 2.05) is 24.3 Å². The predicted octanol–water partition coefficient (Wildman–Crippen LogP) is 3.82. The summed E-state index contributed by atoms with van der Waals surface area (Å²) < 4.78 is 0. The molecule has 1 unspecified atom stereocenters. The van der Waals surface area contributed by atoms with E-state index in [2.05, 4.69) is 6.92 Å². The molecule has 2 aliphatic rings. The quantitative estimate of drug-likeness (QED) is 0.281. The summed E-state index contributed by atoms with van der Waals surface area (Å²) >= 11 is 0. The van der Waals surface area contributed by atoms with Gasteiger partial charge in [0.2, 0.25) is 0 Å². The second-order valence-corrected chi connectivity index (χ2v) is 8.72. The SMILES string of the molecule is CCCCC(O)(C/C=C/[C@@H]1[C@@H](C/C=C\CCCC(=O)O)[C@@H](O)C[C@H]1O)C1CC1. The van der Waals surface area contributed by atoms with Crippen LogP contribution >= 0.6 is 0 Å². The molecule has 4 N–H and O–H groups in total. The number of unbranched alkanes of at least 4 members (excludes halogenated alkanes) is 2. The molecule has 0 aromatic carbocycles. The number of hydrogen-bond acceptors (Lipinski definition) is 4. The first-order valence-electron chi connectivity index (χ1n) is 11.0. The van der Waals surface area contributed by atoms with Crippen LogP contribution in [-0.4, -0.2) is 44.2 Å². The molecule has 5 atom stereocenters. The Labute approximate surface area is 169 Å². The summed E-state index contributed by atoms with van der Waals surface area (Å²) in [5.74, 6) is -0.509. The van der Waals surface area contributed by atoms with Crippen molar-refractivity contribution in [3.8, 4) is 0 Å². The smallest absolute Gasteiger partial charge is 0.303 e. The first kappa shape index (κ1) is 23.1. The molecular weight excluding hydrogens is 356 g/mol. The second-order valence-electron chi connectivity index (χ2n) is 8.72. The normalized spacial score (nSPS) is 30.3. The molecule has 0 amide bonds. The van der Waals surface area contributed by atoms with E-state index < -0.39 is 23.8 Å². The molecule has 2 fully saturated rings. The maximum atomic E-state index is 11.0. The van der Waals surface area contributed by atoms with Crippen molar-refractivity contribution in [1.82, 2.24) is 0 Å². The number of aliphatic hydroxyl groups excluding tert-OH is 2. The molecule has 2 saturated carbocycles. The van der Waals surface area contributed by atoms with Crippen LogP contribution in [-0.2, 0) is 4.79 Å². The molecule has 2 rings (SSSR count). The number of carbonyl (C=O) groups is 1. The summed E-state index contributed by atoms with van der Waals surface area (Å²) in [7, 11) is 0. The molecular formula is C23H38O5. The van der Waals surface area contributed by atoms with Crippen molar-refractivity contribution in [3.05, 3.63) is 24.3 Å². The molecule has 0 bridgehead atoms. The fourth-order valence-electron chi connectivity index (χ4n) is 4.45. The summed E-state index contributed by atoms with van der Waals surface area (Å²) in [6.45, 7) is 2.14. The summed E-state index contributed by atoms with van der Waals surface area (Å²) in [6.07, 6.45) is 15.2. The second kappa shape index (κ2) is 11.1. The molecule has 0 aromatic rings. The van der Waals surface area contributed by atoms with Gasteiger partial charge in [-0.1, -0.05) is 44.1 Å². The third kappa shape index (κ3) is 7.02. The number of aliphatic hydroxyl groups is 3. The Morgan fingerprint density at radius 2 is 1.86 bits per heavy atom. The van der Waals surface area contributed by atoms with E-state index in [-0.39, 0.29) is 18.3 Å². The first-order chi connectivity index (χ1) is 13.4. The molecule has 0 spiro atoms. The molecule has 5 nitrogen and oxygen atoms in total. The van der Waals surface area contributed by atoms with Crippen LogP contribution in [0.3, 0.4) is 0 Å². The van der Waals surface area contributed by atoms with Gasteiger partial charge in [-0.25, -0.2) is 0 Å². The predicted molar refractivity (Wildman–Crippen MR) is 110 cm³/mol. The van der Waals surface area contributed by atoms with Gasteiger partial charge in [-0.3, -0.25) is 4.79 Å². The number of hydrogen-bond donors (Lipinski definition) is 4. The van der Waals surface area contributed by atoms with Crippen molar-refractivity contribution in [2.45, 2.75) is 95.4 Å². The maximum absolute atomic E-state index is 11.0. The van der Waals surface area contributed by atoms with E-state index in [1.165, 1.54) is 0 Å². The lowest BCUT2D eigenvalue weighted by Crippen LogP contribution is -2.30. The summed E-state index contributed by atoms with van der Waals surface area (Å²) in [4.78, 5) is 10.5. The summed E-state index contributed by atoms with van der Waals surface area (Å²) in [6, 6.07) is 0. The van der Waals surface area contributed by atoms with Crippen molar-refractivity contribution in [1.29, 1.82) is 0 Å². The van der Waals surface area contributed by atoms with Crippen molar-refractivity contribution >= 4 is 5.97 Å². The Kier molecular flexibility index (Phi) is 9.19. The maximum Gasteiger partial charge on any atom is 0.303 e. The summed E-state index contributed by atoms with van der Waals surface area (Å²) in [5.41, 5.74) is -0.617. The number of allylic oxidation sites excluding steroid dienone is 2. The van der Waals surface area contributed by atoms with Crippen LogP contribution in [0.1, 0.15) is 77.6 Å². The Morgan fingerprint density at radius 1 is 1.11 bits per heavy atom. The van der Waals surface area contributed by atoms with Crippen LogP contribution in [0.15, 0.2) is 24.3 Å². The van der Waals surface area contributed by atoms with Crippen molar-refractivity contribution in [2.24, 2.45) is 17.8 Å². The van der Waals surface area contributed by atoms with Gasteiger partial charge in [-0.05, 0) is 56.8 Å². The third-order valence-corrected chi connectivity index (χ3v) is 6.38. The number of rotatable bonds is 13. The lowest BCUT2D eigenvalue weighted by atomic mass is 9.85. The van der Waals surface area contributed by atoms with E-state index >= 15 is 0 Å². The van der Waals surface area contributed by atoms with Crippen LogP contribution in [0.2, 0.25) is 0 Å². The van der Waals surface area contributed by atoms with Crippen molar-refractivity contribution in [3.63, 3.8) is 0 Å². The van der Waals surface area contributed by atoms with Gasteiger partial charge in [0.05, 0.1) is 17.8 Å². The zero-order chi connectivity index (χ0) is 20.6. The van der Waals surface area contributed by atoms with Crippen LogP contribution in [0, 0.1) is 17.8 Å². The van der Waals surface area contributed by atoms with Crippen molar-refractivity contribution < 1.29 is 25.2 Å². The Morgan fingerprint density at radius 3 is 2.50 bits per heavy atom. The van der Waals surface area contributed by atoms with Gasteiger partial charge in [0, 0.05) is 18.8 Å². The van der Waals surface area contributed by atoms with Crippen LogP contribution in [0.25, 0.3) is 0 Å². The fraction of sp³-hybridized carbons (Fsp3) is 0.783.